The molecule has 2 aromatic heterocycles. The summed E-state index contributed by atoms with van der Waals surface area (Å²) in [6.07, 6.45) is 4.36. The average Bonchev–Trinajstić information content (AvgIpc) is 3.06. The van der Waals surface area contributed by atoms with E-state index in [0.717, 1.165) is 35.4 Å². The van der Waals surface area contributed by atoms with E-state index in [1.807, 2.05) is 24.4 Å². The zero-order chi connectivity index (χ0) is 13.2. The van der Waals surface area contributed by atoms with E-state index in [4.69, 9.17) is 4.74 Å². The molecule has 0 unspecified atom stereocenters. The molecular weight excluding hydrogens is 258 g/mol. The first-order valence-corrected chi connectivity index (χ1v) is 7.64. The van der Waals surface area contributed by atoms with Crippen LogP contribution in [0.15, 0.2) is 17.5 Å². The van der Waals surface area contributed by atoms with E-state index >= 15 is 0 Å². The van der Waals surface area contributed by atoms with E-state index < -0.39 is 0 Å². The summed E-state index contributed by atoms with van der Waals surface area (Å²) in [6.45, 7) is 2.27. The monoisotopic (exact) mass is 275 g/mol. The van der Waals surface area contributed by atoms with Gasteiger partial charge in [-0.25, -0.2) is 4.79 Å². The van der Waals surface area contributed by atoms with Gasteiger partial charge in [0.1, 0.15) is 0 Å². The van der Waals surface area contributed by atoms with E-state index in [9.17, 15) is 4.79 Å². The van der Waals surface area contributed by atoms with Crippen LogP contribution in [0.2, 0.25) is 0 Å². The van der Waals surface area contributed by atoms with Crippen LogP contribution in [0.5, 0.6) is 0 Å². The van der Waals surface area contributed by atoms with Gasteiger partial charge in [0.15, 0.2) is 0 Å². The third kappa shape index (κ3) is 2.21. The second kappa shape index (κ2) is 5.21. The fraction of sp³-hybridized carbons (Fsp3) is 0.400. The van der Waals surface area contributed by atoms with Gasteiger partial charge in [0.2, 0.25) is 0 Å². The number of thiophene rings is 1. The number of esters is 1. The zero-order valence-corrected chi connectivity index (χ0v) is 11.8. The van der Waals surface area contributed by atoms with Crippen LogP contribution in [-0.2, 0) is 17.6 Å². The summed E-state index contributed by atoms with van der Waals surface area (Å²) in [6, 6.07) is 4.05. The number of H-pyrrole nitrogens is 1. The van der Waals surface area contributed by atoms with Crippen LogP contribution in [0.25, 0.3) is 10.6 Å². The summed E-state index contributed by atoms with van der Waals surface area (Å²) in [5.41, 5.74) is 4.10. The van der Waals surface area contributed by atoms with Crippen molar-refractivity contribution in [3.8, 4) is 10.6 Å². The number of carbonyl (C=O) groups excluding carboxylic acids is 1. The Balaban J connectivity index is 2.12. The molecule has 0 bridgehead atoms. The van der Waals surface area contributed by atoms with Crippen molar-refractivity contribution in [3.05, 3.63) is 34.3 Å². The molecule has 2 heterocycles. The van der Waals surface area contributed by atoms with Gasteiger partial charge in [-0.3, -0.25) is 0 Å². The number of rotatable bonds is 3. The fourth-order valence-electron chi connectivity index (χ4n) is 2.72. The van der Waals surface area contributed by atoms with E-state index in [1.54, 1.807) is 11.3 Å². The fourth-order valence-corrected chi connectivity index (χ4v) is 3.45. The maximum absolute atomic E-state index is 12.3. The third-order valence-corrected chi connectivity index (χ3v) is 4.43. The predicted octanol–water partition coefficient (Wildman–Crippen LogP) is 3.80. The van der Waals surface area contributed by atoms with Gasteiger partial charge in [0.05, 0.1) is 22.7 Å². The molecule has 100 valence electrons. The number of fused-ring (bicyclic) bond motifs is 1. The number of aromatic nitrogens is 1. The minimum absolute atomic E-state index is 0.190. The standard InChI is InChI=1S/C15H17NO2S/c1-2-18-15(17)13-10-6-3-4-7-11(10)16-14(13)12-8-5-9-19-12/h5,8-9,16H,2-4,6-7H2,1H3. The Morgan fingerprint density at radius 3 is 3.00 bits per heavy atom. The first-order valence-electron chi connectivity index (χ1n) is 6.76. The molecule has 3 nitrogen and oxygen atoms in total. The Bertz CT molecular complexity index is 584. The average molecular weight is 275 g/mol. The third-order valence-electron chi connectivity index (χ3n) is 3.54. The highest BCUT2D eigenvalue weighted by Crippen LogP contribution is 2.35. The van der Waals surface area contributed by atoms with Crippen LogP contribution in [0, 0.1) is 0 Å². The lowest BCUT2D eigenvalue weighted by Crippen LogP contribution is -2.10. The number of ether oxygens (including phenoxy) is 1. The molecule has 0 saturated heterocycles. The molecule has 0 atom stereocenters. The van der Waals surface area contributed by atoms with Gasteiger partial charge >= 0.3 is 5.97 Å². The topological polar surface area (TPSA) is 42.1 Å². The van der Waals surface area contributed by atoms with Crippen LogP contribution in [0.3, 0.4) is 0 Å². The minimum atomic E-state index is -0.190. The van der Waals surface area contributed by atoms with Gasteiger partial charge in [-0.2, -0.15) is 0 Å². The Morgan fingerprint density at radius 1 is 1.42 bits per heavy atom. The van der Waals surface area contributed by atoms with Crippen molar-refractivity contribution in [2.75, 3.05) is 6.61 Å². The molecule has 2 aromatic rings. The van der Waals surface area contributed by atoms with Crippen molar-refractivity contribution in [2.24, 2.45) is 0 Å². The largest absolute Gasteiger partial charge is 0.462 e. The lowest BCUT2D eigenvalue weighted by Gasteiger charge is -2.12. The molecule has 0 amide bonds. The van der Waals surface area contributed by atoms with Crippen molar-refractivity contribution < 1.29 is 9.53 Å². The van der Waals surface area contributed by atoms with Crippen LogP contribution in [0.4, 0.5) is 0 Å². The lowest BCUT2D eigenvalue weighted by molar-refractivity contribution is 0.0526. The van der Waals surface area contributed by atoms with Gasteiger partial charge in [-0.15, -0.1) is 11.3 Å². The molecule has 0 saturated carbocycles. The molecule has 3 rings (SSSR count). The summed E-state index contributed by atoms with van der Waals surface area (Å²) in [7, 11) is 0. The quantitative estimate of drug-likeness (QED) is 0.866. The summed E-state index contributed by atoms with van der Waals surface area (Å²) in [4.78, 5) is 16.8. The van der Waals surface area contributed by atoms with E-state index in [-0.39, 0.29) is 5.97 Å². The van der Waals surface area contributed by atoms with E-state index in [1.165, 1.54) is 17.7 Å². The molecule has 1 aliphatic rings. The van der Waals surface area contributed by atoms with Crippen molar-refractivity contribution in [1.82, 2.24) is 4.98 Å². The Labute approximate surface area is 116 Å². The number of nitrogens with one attached hydrogen (secondary N) is 1. The first-order chi connectivity index (χ1) is 9.31. The summed E-state index contributed by atoms with van der Waals surface area (Å²) in [5.74, 6) is -0.190. The summed E-state index contributed by atoms with van der Waals surface area (Å²) >= 11 is 1.65. The number of hydrogen-bond donors (Lipinski definition) is 1. The smallest absolute Gasteiger partial charge is 0.340 e. The second-order valence-electron chi connectivity index (χ2n) is 4.74. The van der Waals surface area contributed by atoms with Gasteiger partial charge in [0.25, 0.3) is 0 Å². The summed E-state index contributed by atoms with van der Waals surface area (Å²) in [5, 5.41) is 2.03. The van der Waals surface area contributed by atoms with Gasteiger partial charge < -0.3 is 9.72 Å². The molecule has 1 N–H and O–H groups in total. The molecular formula is C15H17NO2S. The molecule has 4 heteroatoms. The minimum Gasteiger partial charge on any atom is -0.462 e. The molecule has 19 heavy (non-hydrogen) atoms. The van der Waals surface area contributed by atoms with Crippen LogP contribution in [-0.4, -0.2) is 17.6 Å². The molecule has 0 fully saturated rings. The Morgan fingerprint density at radius 2 is 2.26 bits per heavy atom. The van der Waals surface area contributed by atoms with Crippen molar-refractivity contribution in [1.29, 1.82) is 0 Å². The van der Waals surface area contributed by atoms with Gasteiger partial charge in [-0.1, -0.05) is 6.07 Å². The van der Waals surface area contributed by atoms with Crippen LogP contribution >= 0.6 is 11.3 Å². The summed E-state index contributed by atoms with van der Waals surface area (Å²) < 4.78 is 5.24. The number of carbonyl (C=O) groups is 1. The molecule has 0 aromatic carbocycles. The predicted molar refractivity (Wildman–Crippen MR) is 76.7 cm³/mol. The number of hydrogen-bond acceptors (Lipinski definition) is 3. The van der Waals surface area contributed by atoms with E-state index in [2.05, 4.69) is 4.98 Å². The highest BCUT2D eigenvalue weighted by molar-refractivity contribution is 7.13. The second-order valence-corrected chi connectivity index (χ2v) is 5.68. The lowest BCUT2D eigenvalue weighted by atomic mass is 9.94. The highest BCUT2D eigenvalue weighted by atomic mass is 32.1. The Kier molecular flexibility index (Phi) is 3.42. The number of aromatic amines is 1. The van der Waals surface area contributed by atoms with E-state index in [0.29, 0.717) is 6.61 Å². The maximum atomic E-state index is 12.3. The molecule has 1 aliphatic carbocycles. The van der Waals surface area contributed by atoms with Crippen molar-refractivity contribution >= 4 is 17.3 Å². The number of aryl methyl sites for hydroxylation is 1. The van der Waals surface area contributed by atoms with Crippen molar-refractivity contribution in [2.45, 2.75) is 32.6 Å². The normalized spacial score (nSPS) is 14.2. The Hall–Kier alpha value is -1.55. The SMILES string of the molecule is CCOC(=O)c1c(-c2cccs2)[nH]c2c1CCCC2. The van der Waals surface area contributed by atoms with Crippen LogP contribution < -0.4 is 0 Å². The highest BCUT2D eigenvalue weighted by Gasteiger charge is 2.26. The first kappa shape index (κ1) is 12.5. The van der Waals surface area contributed by atoms with Gasteiger partial charge in [0, 0.05) is 5.69 Å². The molecule has 0 radical (unpaired) electrons. The zero-order valence-electron chi connectivity index (χ0n) is 11.0. The maximum Gasteiger partial charge on any atom is 0.340 e. The van der Waals surface area contributed by atoms with Crippen LogP contribution in [0.1, 0.15) is 41.4 Å². The molecule has 0 aliphatic heterocycles. The molecule has 0 spiro atoms. The van der Waals surface area contributed by atoms with Crippen molar-refractivity contribution in [3.63, 3.8) is 0 Å². The van der Waals surface area contributed by atoms with Gasteiger partial charge in [-0.05, 0) is 49.6 Å².